The molecule has 0 bridgehead atoms. The molecule has 2 nitrogen and oxygen atoms in total. The van der Waals surface area contributed by atoms with E-state index in [4.69, 9.17) is 5.73 Å². The molecule has 0 heterocycles. The van der Waals surface area contributed by atoms with Crippen molar-refractivity contribution >= 4 is 11.4 Å². The van der Waals surface area contributed by atoms with E-state index in [0.717, 1.165) is 17.8 Å². The fourth-order valence-corrected chi connectivity index (χ4v) is 1.73. The van der Waals surface area contributed by atoms with Gasteiger partial charge in [0.1, 0.15) is 0 Å². The predicted molar refractivity (Wildman–Crippen MR) is 68.1 cm³/mol. The Kier molecular flexibility index (Phi) is 4.01. The molecular formula is C13H22N2. The Bertz CT molecular complexity index is 318. The van der Waals surface area contributed by atoms with Gasteiger partial charge in [-0.25, -0.2) is 0 Å². The van der Waals surface area contributed by atoms with Gasteiger partial charge in [0.25, 0.3) is 0 Å². The SMILES string of the molecule is CCC(Nc1cc(N)ccc1C)C(C)C. The van der Waals surface area contributed by atoms with Gasteiger partial charge in [-0.1, -0.05) is 26.8 Å². The van der Waals surface area contributed by atoms with Gasteiger partial charge in [0.2, 0.25) is 0 Å². The van der Waals surface area contributed by atoms with E-state index in [9.17, 15) is 0 Å². The van der Waals surface area contributed by atoms with Crippen molar-refractivity contribution in [3.05, 3.63) is 23.8 Å². The van der Waals surface area contributed by atoms with Crippen LogP contribution in [0.3, 0.4) is 0 Å². The number of hydrogen-bond donors (Lipinski definition) is 2. The third kappa shape index (κ3) is 3.15. The quantitative estimate of drug-likeness (QED) is 0.741. The molecule has 1 aromatic carbocycles. The zero-order chi connectivity index (χ0) is 11.4. The summed E-state index contributed by atoms with van der Waals surface area (Å²) in [7, 11) is 0. The van der Waals surface area contributed by atoms with Crippen LogP contribution in [0.15, 0.2) is 18.2 Å². The number of rotatable bonds is 4. The van der Waals surface area contributed by atoms with Gasteiger partial charge in [-0.3, -0.25) is 0 Å². The van der Waals surface area contributed by atoms with Crippen LogP contribution in [0.25, 0.3) is 0 Å². The van der Waals surface area contributed by atoms with Gasteiger partial charge in [-0.2, -0.15) is 0 Å². The summed E-state index contributed by atoms with van der Waals surface area (Å²) in [4.78, 5) is 0. The largest absolute Gasteiger partial charge is 0.399 e. The van der Waals surface area contributed by atoms with Crippen LogP contribution < -0.4 is 11.1 Å². The second-order valence-electron chi connectivity index (χ2n) is 4.48. The molecule has 1 aromatic rings. The molecule has 3 N–H and O–H groups in total. The smallest absolute Gasteiger partial charge is 0.0392 e. The van der Waals surface area contributed by atoms with Gasteiger partial charge in [0, 0.05) is 17.4 Å². The van der Waals surface area contributed by atoms with Crippen LogP contribution in [0.4, 0.5) is 11.4 Å². The van der Waals surface area contributed by atoms with Crippen molar-refractivity contribution in [1.82, 2.24) is 0 Å². The first-order valence-corrected chi connectivity index (χ1v) is 5.67. The number of benzene rings is 1. The summed E-state index contributed by atoms with van der Waals surface area (Å²) in [5.74, 6) is 0.635. The lowest BCUT2D eigenvalue weighted by molar-refractivity contribution is 0.511. The van der Waals surface area contributed by atoms with E-state index in [1.165, 1.54) is 5.56 Å². The molecule has 0 fully saturated rings. The van der Waals surface area contributed by atoms with E-state index < -0.39 is 0 Å². The average molecular weight is 206 g/mol. The Balaban J connectivity index is 2.82. The van der Waals surface area contributed by atoms with Crippen molar-refractivity contribution in [1.29, 1.82) is 0 Å². The molecule has 0 aliphatic rings. The summed E-state index contributed by atoms with van der Waals surface area (Å²) in [6.45, 7) is 8.79. The molecule has 0 saturated heterocycles. The first kappa shape index (κ1) is 11.9. The molecule has 15 heavy (non-hydrogen) atoms. The minimum atomic E-state index is 0.519. The molecule has 84 valence electrons. The standard InChI is InChI=1S/C13H22N2/c1-5-12(9(2)3)15-13-8-11(14)7-6-10(13)4/h6-9,12,15H,5,14H2,1-4H3. The normalized spacial score (nSPS) is 12.9. The maximum Gasteiger partial charge on any atom is 0.0392 e. The molecule has 0 aliphatic carbocycles. The van der Waals surface area contributed by atoms with Crippen molar-refractivity contribution in [2.24, 2.45) is 5.92 Å². The van der Waals surface area contributed by atoms with Crippen molar-refractivity contribution < 1.29 is 0 Å². The fraction of sp³-hybridized carbons (Fsp3) is 0.538. The summed E-state index contributed by atoms with van der Waals surface area (Å²) in [5.41, 5.74) is 9.02. The highest BCUT2D eigenvalue weighted by Gasteiger charge is 2.11. The predicted octanol–water partition coefficient (Wildman–Crippen LogP) is 3.42. The van der Waals surface area contributed by atoms with Gasteiger partial charge in [0.05, 0.1) is 0 Å². The summed E-state index contributed by atoms with van der Waals surface area (Å²) in [6.07, 6.45) is 1.13. The monoisotopic (exact) mass is 206 g/mol. The number of hydrogen-bond acceptors (Lipinski definition) is 2. The van der Waals surface area contributed by atoms with E-state index in [1.54, 1.807) is 0 Å². The molecule has 0 radical (unpaired) electrons. The molecule has 0 saturated carbocycles. The Labute approximate surface area is 92.9 Å². The Morgan fingerprint density at radius 1 is 1.33 bits per heavy atom. The second kappa shape index (κ2) is 5.06. The third-order valence-electron chi connectivity index (χ3n) is 2.85. The maximum absolute atomic E-state index is 5.78. The molecule has 0 spiro atoms. The molecule has 0 aliphatic heterocycles. The maximum atomic E-state index is 5.78. The number of nitrogens with two attached hydrogens (primary N) is 1. The van der Waals surface area contributed by atoms with Crippen LogP contribution >= 0.6 is 0 Å². The number of anilines is 2. The van der Waals surface area contributed by atoms with Gasteiger partial charge in [-0.15, -0.1) is 0 Å². The first-order valence-electron chi connectivity index (χ1n) is 5.67. The van der Waals surface area contributed by atoms with E-state index in [-0.39, 0.29) is 0 Å². The number of aryl methyl sites for hydroxylation is 1. The Hall–Kier alpha value is -1.18. The van der Waals surface area contributed by atoms with Crippen LogP contribution in [0.1, 0.15) is 32.8 Å². The van der Waals surface area contributed by atoms with Crippen LogP contribution in [-0.2, 0) is 0 Å². The van der Waals surface area contributed by atoms with Crippen molar-refractivity contribution in [2.75, 3.05) is 11.1 Å². The van der Waals surface area contributed by atoms with E-state index in [2.05, 4.69) is 39.1 Å². The molecule has 0 aromatic heterocycles. The summed E-state index contributed by atoms with van der Waals surface area (Å²) in [5, 5.41) is 3.56. The van der Waals surface area contributed by atoms with Crippen LogP contribution in [0, 0.1) is 12.8 Å². The summed E-state index contributed by atoms with van der Waals surface area (Å²) in [6, 6.07) is 6.53. The first-order chi connectivity index (χ1) is 7.04. The molecule has 1 rings (SSSR count). The number of nitrogens with one attached hydrogen (secondary N) is 1. The molecule has 1 atom stereocenters. The van der Waals surface area contributed by atoms with Gasteiger partial charge >= 0.3 is 0 Å². The molecular weight excluding hydrogens is 184 g/mol. The van der Waals surface area contributed by atoms with Gasteiger partial charge < -0.3 is 11.1 Å². The average Bonchev–Trinajstić information content (AvgIpc) is 2.18. The zero-order valence-electron chi connectivity index (χ0n) is 10.2. The fourth-order valence-electron chi connectivity index (χ4n) is 1.73. The highest BCUT2D eigenvalue weighted by molar-refractivity contribution is 5.59. The lowest BCUT2D eigenvalue weighted by atomic mass is 10.0. The highest BCUT2D eigenvalue weighted by atomic mass is 14.9. The molecule has 2 heteroatoms. The van der Waals surface area contributed by atoms with E-state index >= 15 is 0 Å². The van der Waals surface area contributed by atoms with Crippen LogP contribution in [0.5, 0.6) is 0 Å². The topological polar surface area (TPSA) is 38.0 Å². The van der Waals surface area contributed by atoms with Gasteiger partial charge in [0.15, 0.2) is 0 Å². The minimum absolute atomic E-state index is 0.519. The van der Waals surface area contributed by atoms with Crippen molar-refractivity contribution in [3.63, 3.8) is 0 Å². The lowest BCUT2D eigenvalue weighted by Gasteiger charge is -2.23. The zero-order valence-corrected chi connectivity index (χ0v) is 10.2. The van der Waals surface area contributed by atoms with Crippen LogP contribution in [0.2, 0.25) is 0 Å². The molecule has 1 unspecified atom stereocenters. The Morgan fingerprint density at radius 2 is 2.00 bits per heavy atom. The lowest BCUT2D eigenvalue weighted by Crippen LogP contribution is -2.25. The summed E-state index contributed by atoms with van der Waals surface area (Å²) >= 11 is 0. The second-order valence-corrected chi connectivity index (χ2v) is 4.48. The highest BCUT2D eigenvalue weighted by Crippen LogP contribution is 2.21. The van der Waals surface area contributed by atoms with Crippen LogP contribution in [-0.4, -0.2) is 6.04 Å². The summed E-state index contributed by atoms with van der Waals surface area (Å²) < 4.78 is 0. The third-order valence-corrected chi connectivity index (χ3v) is 2.85. The van der Waals surface area contributed by atoms with Gasteiger partial charge in [-0.05, 0) is 37.0 Å². The molecule has 0 amide bonds. The minimum Gasteiger partial charge on any atom is -0.399 e. The Morgan fingerprint density at radius 3 is 2.53 bits per heavy atom. The van der Waals surface area contributed by atoms with Crippen molar-refractivity contribution in [2.45, 2.75) is 40.2 Å². The number of nitrogen functional groups attached to an aromatic ring is 1. The van der Waals surface area contributed by atoms with Crippen molar-refractivity contribution in [3.8, 4) is 0 Å². The van der Waals surface area contributed by atoms with E-state index in [0.29, 0.717) is 12.0 Å². The van der Waals surface area contributed by atoms with E-state index in [1.807, 2.05) is 12.1 Å².